The van der Waals surface area contributed by atoms with E-state index in [9.17, 15) is 4.79 Å². The first-order chi connectivity index (χ1) is 14.8. The normalized spacial score (nSPS) is 18.9. The standard InChI is InChI=1S/C26H29NO4/c1-14-11-21(30-6)26-17(9-8-10-20(26)29-5)23(14)25-18-12-15(2)27(4)16(3)24(18)22(31-7)13-19(25)28/h8-11,13,15H,12H2,1-7H3. The molecule has 0 bridgehead atoms. The minimum atomic E-state index is -0.0301. The zero-order chi connectivity index (χ0) is 22.4. The molecule has 1 aliphatic carbocycles. The quantitative estimate of drug-likeness (QED) is 0.696. The second kappa shape index (κ2) is 7.80. The monoisotopic (exact) mass is 419 g/mol. The van der Waals surface area contributed by atoms with Crippen LogP contribution in [-0.2, 0) is 9.53 Å². The third kappa shape index (κ3) is 3.11. The van der Waals surface area contributed by atoms with Gasteiger partial charge in [0.2, 0.25) is 0 Å². The summed E-state index contributed by atoms with van der Waals surface area (Å²) in [6.07, 6.45) is 2.39. The van der Waals surface area contributed by atoms with Gasteiger partial charge >= 0.3 is 0 Å². The van der Waals surface area contributed by atoms with E-state index in [1.54, 1.807) is 27.4 Å². The largest absolute Gasteiger partial charge is 0.496 e. The van der Waals surface area contributed by atoms with Gasteiger partial charge in [-0.05, 0) is 61.4 Å². The number of fused-ring (bicyclic) bond motifs is 2. The van der Waals surface area contributed by atoms with E-state index in [1.165, 1.54) is 0 Å². The summed E-state index contributed by atoms with van der Waals surface area (Å²) >= 11 is 0. The average molecular weight is 420 g/mol. The van der Waals surface area contributed by atoms with Crippen molar-refractivity contribution in [3.8, 4) is 11.5 Å². The highest BCUT2D eigenvalue weighted by molar-refractivity contribution is 6.32. The van der Waals surface area contributed by atoms with Crippen molar-refractivity contribution < 1.29 is 19.0 Å². The minimum absolute atomic E-state index is 0.0301. The molecule has 0 fully saturated rings. The Labute approximate surface area is 183 Å². The number of allylic oxidation sites excluding steroid dienone is 4. The third-order valence-electron chi connectivity index (χ3n) is 6.60. The summed E-state index contributed by atoms with van der Waals surface area (Å²) in [6.45, 7) is 6.30. The highest BCUT2D eigenvalue weighted by Crippen LogP contribution is 2.47. The Bertz CT molecular complexity index is 1190. The molecular weight excluding hydrogens is 390 g/mol. The van der Waals surface area contributed by atoms with Crippen LogP contribution in [0.2, 0.25) is 0 Å². The molecule has 0 aromatic heterocycles. The predicted octanol–water partition coefficient (Wildman–Crippen LogP) is 5.03. The average Bonchev–Trinajstić information content (AvgIpc) is 2.76. The fraction of sp³-hybridized carbons (Fsp3) is 0.346. The lowest BCUT2D eigenvalue weighted by molar-refractivity contribution is -0.109. The number of nitrogens with zero attached hydrogens (tertiary/aromatic N) is 1. The van der Waals surface area contributed by atoms with Crippen LogP contribution >= 0.6 is 0 Å². The SMILES string of the molecule is COC1=CC(=O)C(c2c(C)cc(OC)c3c(OC)cccc23)=C2CC(C)N(C)C(C)=C12. The number of benzene rings is 2. The van der Waals surface area contributed by atoms with Crippen molar-refractivity contribution in [2.45, 2.75) is 33.2 Å². The van der Waals surface area contributed by atoms with E-state index in [4.69, 9.17) is 14.2 Å². The smallest absolute Gasteiger partial charge is 0.190 e. The van der Waals surface area contributed by atoms with Crippen molar-refractivity contribution in [2.75, 3.05) is 28.4 Å². The molecule has 5 heteroatoms. The van der Waals surface area contributed by atoms with Gasteiger partial charge in [-0.1, -0.05) is 12.1 Å². The Morgan fingerprint density at radius 2 is 1.71 bits per heavy atom. The van der Waals surface area contributed by atoms with Crippen LogP contribution in [0.25, 0.3) is 16.3 Å². The molecule has 5 nitrogen and oxygen atoms in total. The van der Waals surface area contributed by atoms with Crippen molar-refractivity contribution in [3.63, 3.8) is 0 Å². The maximum Gasteiger partial charge on any atom is 0.190 e. The number of methoxy groups -OCH3 is 3. The zero-order valence-corrected chi connectivity index (χ0v) is 19.3. The Balaban J connectivity index is 2.13. The van der Waals surface area contributed by atoms with E-state index in [0.717, 1.165) is 62.2 Å². The minimum Gasteiger partial charge on any atom is -0.496 e. The molecule has 0 radical (unpaired) electrons. The van der Waals surface area contributed by atoms with Gasteiger partial charge in [0.05, 0.1) is 26.7 Å². The molecule has 1 atom stereocenters. The van der Waals surface area contributed by atoms with Crippen LogP contribution in [0.5, 0.6) is 11.5 Å². The number of aryl methyl sites for hydroxylation is 1. The fourth-order valence-corrected chi connectivity index (χ4v) is 4.87. The van der Waals surface area contributed by atoms with Gasteiger partial charge in [0.1, 0.15) is 17.3 Å². The second-order valence-electron chi connectivity index (χ2n) is 8.21. The molecule has 0 amide bonds. The van der Waals surface area contributed by atoms with Gasteiger partial charge in [-0.25, -0.2) is 0 Å². The summed E-state index contributed by atoms with van der Waals surface area (Å²) in [4.78, 5) is 15.8. The number of hydrogen-bond donors (Lipinski definition) is 0. The van der Waals surface area contributed by atoms with Crippen molar-refractivity contribution in [1.29, 1.82) is 0 Å². The Kier molecular flexibility index (Phi) is 5.29. The van der Waals surface area contributed by atoms with E-state index >= 15 is 0 Å². The number of ketones is 1. The molecular formula is C26H29NO4. The first-order valence-electron chi connectivity index (χ1n) is 10.5. The van der Waals surface area contributed by atoms with Gasteiger partial charge in [0.15, 0.2) is 5.78 Å². The van der Waals surface area contributed by atoms with E-state index in [-0.39, 0.29) is 11.8 Å². The van der Waals surface area contributed by atoms with Crippen molar-refractivity contribution in [3.05, 3.63) is 64.1 Å². The molecule has 1 aliphatic heterocycles. The highest BCUT2D eigenvalue weighted by atomic mass is 16.5. The van der Waals surface area contributed by atoms with Gasteiger partial charge in [0, 0.05) is 36.0 Å². The molecule has 2 aliphatic rings. The van der Waals surface area contributed by atoms with E-state index in [0.29, 0.717) is 5.76 Å². The predicted molar refractivity (Wildman–Crippen MR) is 123 cm³/mol. The number of carbonyl (C=O) groups is 1. The molecule has 0 N–H and O–H groups in total. The summed E-state index contributed by atoms with van der Waals surface area (Å²) in [5, 5.41) is 1.82. The molecule has 2 aromatic carbocycles. The molecule has 0 spiro atoms. The molecule has 31 heavy (non-hydrogen) atoms. The van der Waals surface area contributed by atoms with Crippen LogP contribution in [0.1, 0.15) is 31.4 Å². The van der Waals surface area contributed by atoms with E-state index in [1.807, 2.05) is 31.2 Å². The summed E-state index contributed by atoms with van der Waals surface area (Å²) < 4.78 is 17.0. The van der Waals surface area contributed by atoms with Crippen LogP contribution in [0.4, 0.5) is 0 Å². The number of hydrogen-bond acceptors (Lipinski definition) is 5. The molecule has 0 saturated carbocycles. The van der Waals surface area contributed by atoms with Crippen molar-refractivity contribution in [2.24, 2.45) is 0 Å². The van der Waals surface area contributed by atoms with Gasteiger partial charge in [-0.2, -0.15) is 0 Å². The number of carbonyl (C=O) groups excluding carboxylic acids is 1. The molecule has 0 saturated heterocycles. The number of ether oxygens (including phenoxy) is 3. The van der Waals surface area contributed by atoms with Gasteiger partial charge in [-0.3, -0.25) is 4.79 Å². The molecule has 2 aromatic rings. The van der Waals surface area contributed by atoms with E-state index < -0.39 is 0 Å². The van der Waals surface area contributed by atoms with Crippen molar-refractivity contribution in [1.82, 2.24) is 4.90 Å². The Morgan fingerprint density at radius 3 is 2.35 bits per heavy atom. The Hall–Kier alpha value is -3.21. The first-order valence-corrected chi connectivity index (χ1v) is 10.5. The first kappa shape index (κ1) is 21.0. The molecule has 4 rings (SSSR count). The summed E-state index contributed by atoms with van der Waals surface area (Å²) in [6, 6.07) is 8.18. The maximum atomic E-state index is 13.5. The van der Waals surface area contributed by atoms with Crippen LogP contribution in [-0.4, -0.2) is 45.1 Å². The Morgan fingerprint density at radius 1 is 1.00 bits per heavy atom. The summed E-state index contributed by atoms with van der Waals surface area (Å²) in [5.74, 6) is 2.06. The third-order valence-corrected chi connectivity index (χ3v) is 6.60. The van der Waals surface area contributed by atoms with Crippen LogP contribution in [0, 0.1) is 6.92 Å². The summed E-state index contributed by atoms with van der Waals surface area (Å²) in [7, 11) is 7.02. The molecule has 162 valence electrons. The van der Waals surface area contributed by atoms with Gasteiger partial charge < -0.3 is 19.1 Å². The van der Waals surface area contributed by atoms with Crippen LogP contribution < -0.4 is 9.47 Å². The van der Waals surface area contributed by atoms with Crippen molar-refractivity contribution >= 4 is 22.1 Å². The summed E-state index contributed by atoms with van der Waals surface area (Å²) in [5.41, 5.74) is 5.84. The lowest BCUT2D eigenvalue weighted by Crippen LogP contribution is -2.35. The second-order valence-corrected chi connectivity index (χ2v) is 8.21. The van der Waals surface area contributed by atoms with Crippen LogP contribution in [0.15, 0.2) is 52.9 Å². The molecule has 1 heterocycles. The topological polar surface area (TPSA) is 48.0 Å². The molecule has 1 unspecified atom stereocenters. The van der Waals surface area contributed by atoms with E-state index in [2.05, 4.69) is 25.8 Å². The van der Waals surface area contributed by atoms with Crippen LogP contribution in [0.3, 0.4) is 0 Å². The number of rotatable bonds is 4. The maximum absolute atomic E-state index is 13.5. The highest BCUT2D eigenvalue weighted by Gasteiger charge is 2.35. The zero-order valence-electron chi connectivity index (χ0n) is 19.3. The lowest BCUT2D eigenvalue weighted by Gasteiger charge is -2.39. The van der Waals surface area contributed by atoms with Gasteiger partial charge in [-0.15, -0.1) is 0 Å². The lowest BCUT2D eigenvalue weighted by atomic mass is 9.78. The van der Waals surface area contributed by atoms with Gasteiger partial charge in [0.25, 0.3) is 0 Å². The fourth-order valence-electron chi connectivity index (χ4n) is 4.87.